The summed E-state index contributed by atoms with van der Waals surface area (Å²) in [5, 5.41) is 0. The van der Waals surface area contributed by atoms with Gasteiger partial charge in [0.15, 0.2) is 9.84 Å². The van der Waals surface area contributed by atoms with E-state index in [4.69, 9.17) is 5.73 Å². The number of aryl methyl sites for hydroxylation is 1. The molecule has 0 saturated heterocycles. The van der Waals surface area contributed by atoms with E-state index in [1.54, 1.807) is 6.92 Å². The largest absolute Gasteiger partial charge is 0.323 e. The lowest BCUT2D eigenvalue weighted by atomic mass is 10.1. The highest BCUT2D eigenvalue weighted by molar-refractivity contribution is 7.91. The normalized spacial score (nSPS) is 13.8. The maximum Gasteiger partial charge on any atom is 0.151 e. The van der Waals surface area contributed by atoms with Crippen LogP contribution in [0.15, 0.2) is 24.3 Å². The molecular weight excluding hydrogens is 210 g/mol. The van der Waals surface area contributed by atoms with Gasteiger partial charge in [0.25, 0.3) is 0 Å². The average molecular weight is 227 g/mol. The molecule has 1 unspecified atom stereocenters. The molecule has 0 fully saturated rings. The van der Waals surface area contributed by atoms with E-state index in [1.807, 2.05) is 31.2 Å². The van der Waals surface area contributed by atoms with Gasteiger partial charge in [-0.05, 0) is 12.5 Å². The topological polar surface area (TPSA) is 60.2 Å². The van der Waals surface area contributed by atoms with Crippen LogP contribution in [-0.4, -0.2) is 19.9 Å². The standard InChI is InChI=1S/C11H17NO2S/c1-3-15(13,14)8-11(12)10-6-4-9(2)5-7-10/h4-7,11H,3,8,12H2,1-2H3. The lowest BCUT2D eigenvalue weighted by Gasteiger charge is -2.11. The van der Waals surface area contributed by atoms with Crippen molar-refractivity contribution in [2.45, 2.75) is 19.9 Å². The van der Waals surface area contributed by atoms with Crippen LogP contribution in [0.3, 0.4) is 0 Å². The summed E-state index contributed by atoms with van der Waals surface area (Å²) in [5.41, 5.74) is 7.84. The number of sulfone groups is 1. The van der Waals surface area contributed by atoms with Crippen molar-refractivity contribution in [3.05, 3.63) is 35.4 Å². The summed E-state index contributed by atoms with van der Waals surface area (Å²) in [6, 6.07) is 7.22. The third-order valence-electron chi connectivity index (χ3n) is 2.38. The first-order valence-electron chi connectivity index (χ1n) is 4.97. The van der Waals surface area contributed by atoms with Crippen LogP contribution >= 0.6 is 0 Å². The zero-order chi connectivity index (χ0) is 11.5. The first-order valence-corrected chi connectivity index (χ1v) is 6.79. The Balaban J connectivity index is 2.78. The summed E-state index contributed by atoms with van der Waals surface area (Å²) in [7, 11) is -3.00. The number of benzene rings is 1. The van der Waals surface area contributed by atoms with Crippen molar-refractivity contribution in [3.8, 4) is 0 Å². The van der Waals surface area contributed by atoms with Gasteiger partial charge in [-0.3, -0.25) is 0 Å². The van der Waals surface area contributed by atoms with E-state index < -0.39 is 15.9 Å². The summed E-state index contributed by atoms with van der Waals surface area (Å²) < 4.78 is 22.7. The molecule has 1 aromatic rings. The van der Waals surface area contributed by atoms with Crippen LogP contribution in [0.25, 0.3) is 0 Å². The van der Waals surface area contributed by atoms with Gasteiger partial charge in [0, 0.05) is 11.8 Å². The summed E-state index contributed by atoms with van der Waals surface area (Å²) in [4.78, 5) is 0. The van der Waals surface area contributed by atoms with Gasteiger partial charge in [-0.1, -0.05) is 36.8 Å². The van der Waals surface area contributed by atoms with Crippen LogP contribution in [-0.2, 0) is 9.84 Å². The highest BCUT2D eigenvalue weighted by atomic mass is 32.2. The zero-order valence-corrected chi connectivity index (χ0v) is 9.92. The van der Waals surface area contributed by atoms with E-state index in [-0.39, 0.29) is 11.5 Å². The maximum absolute atomic E-state index is 11.4. The van der Waals surface area contributed by atoms with Crippen LogP contribution < -0.4 is 5.73 Å². The Morgan fingerprint density at radius 2 is 1.80 bits per heavy atom. The van der Waals surface area contributed by atoms with Gasteiger partial charge in [-0.2, -0.15) is 0 Å². The zero-order valence-electron chi connectivity index (χ0n) is 9.10. The van der Waals surface area contributed by atoms with Crippen molar-refractivity contribution >= 4 is 9.84 Å². The Labute approximate surface area is 91.2 Å². The highest BCUT2D eigenvalue weighted by Gasteiger charge is 2.15. The van der Waals surface area contributed by atoms with Crippen LogP contribution in [0.4, 0.5) is 0 Å². The van der Waals surface area contributed by atoms with Crippen molar-refractivity contribution in [1.82, 2.24) is 0 Å². The van der Waals surface area contributed by atoms with E-state index in [9.17, 15) is 8.42 Å². The van der Waals surface area contributed by atoms with Gasteiger partial charge in [0.05, 0.1) is 5.75 Å². The molecular formula is C11H17NO2S. The predicted molar refractivity (Wildman–Crippen MR) is 62.4 cm³/mol. The van der Waals surface area contributed by atoms with Gasteiger partial charge in [-0.25, -0.2) is 8.42 Å². The molecule has 3 nitrogen and oxygen atoms in total. The van der Waals surface area contributed by atoms with E-state index in [2.05, 4.69) is 0 Å². The number of rotatable bonds is 4. The van der Waals surface area contributed by atoms with E-state index in [0.717, 1.165) is 11.1 Å². The molecule has 0 aliphatic heterocycles. The van der Waals surface area contributed by atoms with Crippen LogP contribution in [0.5, 0.6) is 0 Å². The minimum Gasteiger partial charge on any atom is -0.323 e. The van der Waals surface area contributed by atoms with Crippen LogP contribution in [0.2, 0.25) is 0 Å². The van der Waals surface area contributed by atoms with E-state index in [1.165, 1.54) is 0 Å². The molecule has 0 spiro atoms. The van der Waals surface area contributed by atoms with Gasteiger partial charge >= 0.3 is 0 Å². The Kier molecular flexibility index (Phi) is 3.88. The Hall–Kier alpha value is -0.870. The monoisotopic (exact) mass is 227 g/mol. The number of hydrogen-bond acceptors (Lipinski definition) is 3. The van der Waals surface area contributed by atoms with Gasteiger partial charge in [0.2, 0.25) is 0 Å². The smallest absolute Gasteiger partial charge is 0.151 e. The van der Waals surface area contributed by atoms with Crippen molar-refractivity contribution in [2.75, 3.05) is 11.5 Å². The molecule has 0 amide bonds. The number of hydrogen-bond donors (Lipinski definition) is 1. The van der Waals surface area contributed by atoms with Crippen molar-refractivity contribution < 1.29 is 8.42 Å². The molecule has 0 saturated carbocycles. The average Bonchev–Trinajstić information content (AvgIpc) is 2.18. The highest BCUT2D eigenvalue weighted by Crippen LogP contribution is 2.13. The van der Waals surface area contributed by atoms with Crippen molar-refractivity contribution in [3.63, 3.8) is 0 Å². The summed E-state index contributed by atoms with van der Waals surface area (Å²) in [6.07, 6.45) is 0. The van der Waals surface area contributed by atoms with Gasteiger partial charge in [0.1, 0.15) is 0 Å². The second-order valence-electron chi connectivity index (χ2n) is 3.72. The second kappa shape index (κ2) is 4.77. The minimum absolute atomic E-state index is 0.0204. The molecule has 0 aliphatic carbocycles. The first-order chi connectivity index (χ1) is 6.94. The van der Waals surface area contributed by atoms with Crippen molar-refractivity contribution in [2.24, 2.45) is 5.73 Å². The lowest BCUT2D eigenvalue weighted by Crippen LogP contribution is -2.22. The molecule has 2 N–H and O–H groups in total. The molecule has 0 radical (unpaired) electrons. The SMILES string of the molecule is CCS(=O)(=O)CC(N)c1ccc(C)cc1. The fourth-order valence-corrected chi connectivity index (χ4v) is 2.28. The minimum atomic E-state index is -3.00. The summed E-state index contributed by atoms with van der Waals surface area (Å²) in [6.45, 7) is 3.62. The molecule has 0 heterocycles. The predicted octanol–water partition coefficient (Wildman–Crippen LogP) is 1.43. The fourth-order valence-electron chi connectivity index (χ4n) is 1.30. The molecule has 15 heavy (non-hydrogen) atoms. The summed E-state index contributed by atoms with van der Waals surface area (Å²) >= 11 is 0. The fraction of sp³-hybridized carbons (Fsp3) is 0.455. The third-order valence-corrected chi connectivity index (χ3v) is 4.13. The molecule has 1 rings (SSSR count). The Morgan fingerprint density at radius 3 is 2.27 bits per heavy atom. The maximum atomic E-state index is 11.4. The van der Waals surface area contributed by atoms with Gasteiger partial charge < -0.3 is 5.73 Å². The van der Waals surface area contributed by atoms with Crippen LogP contribution in [0.1, 0.15) is 24.1 Å². The lowest BCUT2D eigenvalue weighted by molar-refractivity contribution is 0.590. The molecule has 84 valence electrons. The second-order valence-corrected chi connectivity index (χ2v) is 6.11. The molecule has 0 bridgehead atoms. The Morgan fingerprint density at radius 1 is 1.27 bits per heavy atom. The molecule has 0 aromatic heterocycles. The van der Waals surface area contributed by atoms with Crippen molar-refractivity contribution in [1.29, 1.82) is 0 Å². The molecule has 1 aromatic carbocycles. The van der Waals surface area contributed by atoms with Crippen LogP contribution in [0, 0.1) is 6.92 Å². The molecule has 1 atom stereocenters. The third kappa shape index (κ3) is 3.64. The summed E-state index contributed by atoms with van der Waals surface area (Å²) in [5.74, 6) is 0.166. The Bertz CT molecular complexity index is 409. The first kappa shape index (κ1) is 12.2. The van der Waals surface area contributed by atoms with Gasteiger partial charge in [-0.15, -0.1) is 0 Å². The molecule has 0 aliphatic rings. The van der Waals surface area contributed by atoms with E-state index >= 15 is 0 Å². The quantitative estimate of drug-likeness (QED) is 0.846. The van der Waals surface area contributed by atoms with E-state index in [0.29, 0.717) is 0 Å². The molecule has 4 heteroatoms. The number of nitrogens with two attached hydrogens (primary N) is 1.